The Balaban J connectivity index is 1.68. The number of nitrogens with one attached hydrogen (secondary N) is 1. The Kier molecular flexibility index (Phi) is 9.35. The fourth-order valence-corrected chi connectivity index (χ4v) is 4.45. The van der Waals surface area contributed by atoms with Gasteiger partial charge in [0.05, 0.1) is 0 Å². The van der Waals surface area contributed by atoms with E-state index in [2.05, 4.69) is 19.2 Å². The average molecular weight is 451 g/mol. The normalized spacial score (nSPS) is 15.2. The number of para-hydroxylation sites is 1. The molecule has 33 heavy (non-hydrogen) atoms. The van der Waals surface area contributed by atoms with Crippen molar-refractivity contribution >= 4 is 11.8 Å². The number of carbonyl (C=O) groups excluding carboxylic acids is 2. The van der Waals surface area contributed by atoms with Gasteiger partial charge in [-0.25, -0.2) is 0 Å². The minimum absolute atomic E-state index is 0.0779. The van der Waals surface area contributed by atoms with Crippen LogP contribution in [0.25, 0.3) is 0 Å². The van der Waals surface area contributed by atoms with Crippen LogP contribution in [-0.4, -0.2) is 41.9 Å². The summed E-state index contributed by atoms with van der Waals surface area (Å²) in [4.78, 5) is 28.0. The van der Waals surface area contributed by atoms with E-state index in [4.69, 9.17) is 4.74 Å². The molecule has 0 aromatic heterocycles. The molecule has 1 fully saturated rings. The molecule has 0 saturated heterocycles. The SMILES string of the molecule is CC(C)c1ccccc1OCC(=O)N(CCc1ccccc1)[C@H](C)C(=O)NC1CCCCC1. The maximum absolute atomic E-state index is 13.3. The summed E-state index contributed by atoms with van der Waals surface area (Å²) in [6.07, 6.45) is 6.27. The van der Waals surface area contributed by atoms with Crippen LogP contribution in [0.3, 0.4) is 0 Å². The molecule has 5 heteroatoms. The van der Waals surface area contributed by atoms with Crippen LogP contribution in [0.1, 0.15) is 69.9 Å². The smallest absolute Gasteiger partial charge is 0.261 e. The van der Waals surface area contributed by atoms with Crippen LogP contribution in [-0.2, 0) is 16.0 Å². The van der Waals surface area contributed by atoms with Gasteiger partial charge in [-0.3, -0.25) is 9.59 Å². The van der Waals surface area contributed by atoms with Crippen LogP contribution >= 0.6 is 0 Å². The average Bonchev–Trinajstić information content (AvgIpc) is 2.84. The number of hydrogen-bond acceptors (Lipinski definition) is 3. The summed E-state index contributed by atoms with van der Waals surface area (Å²) in [5.74, 6) is 0.774. The molecule has 2 amide bonds. The molecule has 2 aromatic rings. The van der Waals surface area contributed by atoms with E-state index in [1.165, 1.54) is 6.42 Å². The van der Waals surface area contributed by atoms with Crippen LogP contribution < -0.4 is 10.1 Å². The molecule has 1 aliphatic carbocycles. The van der Waals surface area contributed by atoms with Gasteiger partial charge in [0.1, 0.15) is 11.8 Å². The Morgan fingerprint density at radius 2 is 1.64 bits per heavy atom. The molecular formula is C28H38N2O3. The van der Waals surface area contributed by atoms with Crippen molar-refractivity contribution in [2.75, 3.05) is 13.2 Å². The van der Waals surface area contributed by atoms with Gasteiger partial charge in [-0.1, -0.05) is 81.6 Å². The van der Waals surface area contributed by atoms with Crippen LogP contribution in [0.4, 0.5) is 0 Å². The lowest BCUT2D eigenvalue weighted by Crippen LogP contribution is -2.52. The van der Waals surface area contributed by atoms with Crippen LogP contribution in [0.2, 0.25) is 0 Å². The third-order valence-corrected chi connectivity index (χ3v) is 6.50. The van der Waals surface area contributed by atoms with Gasteiger partial charge in [0, 0.05) is 12.6 Å². The zero-order valence-corrected chi connectivity index (χ0v) is 20.3. The van der Waals surface area contributed by atoms with Gasteiger partial charge in [0.25, 0.3) is 5.91 Å². The highest BCUT2D eigenvalue weighted by molar-refractivity contribution is 5.88. The molecule has 1 saturated carbocycles. The van der Waals surface area contributed by atoms with Crippen molar-refractivity contribution in [2.45, 2.75) is 77.3 Å². The Labute approximate surface area is 198 Å². The van der Waals surface area contributed by atoms with E-state index in [1.807, 2.05) is 61.5 Å². The maximum Gasteiger partial charge on any atom is 0.261 e. The molecular weight excluding hydrogens is 412 g/mol. The van der Waals surface area contributed by atoms with Gasteiger partial charge in [-0.2, -0.15) is 0 Å². The van der Waals surface area contributed by atoms with Crippen LogP contribution in [0, 0.1) is 0 Å². The van der Waals surface area contributed by atoms with Gasteiger partial charge in [0.2, 0.25) is 5.91 Å². The number of benzene rings is 2. The van der Waals surface area contributed by atoms with Gasteiger partial charge < -0.3 is 15.0 Å². The van der Waals surface area contributed by atoms with Crippen molar-refractivity contribution in [1.82, 2.24) is 10.2 Å². The van der Waals surface area contributed by atoms with E-state index in [0.29, 0.717) is 18.9 Å². The quantitative estimate of drug-likeness (QED) is 0.548. The highest BCUT2D eigenvalue weighted by Crippen LogP contribution is 2.26. The van der Waals surface area contributed by atoms with Gasteiger partial charge in [0.15, 0.2) is 6.61 Å². The third kappa shape index (κ3) is 7.34. The minimum atomic E-state index is -0.549. The maximum atomic E-state index is 13.3. The first-order valence-electron chi connectivity index (χ1n) is 12.3. The van der Waals surface area contributed by atoms with Crippen LogP contribution in [0.5, 0.6) is 5.75 Å². The second-order valence-electron chi connectivity index (χ2n) is 9.32. The zero-order valence-electron chi connectivity index (χ0n) is 20.3. The van der Waals surface area contributed by atoms with E-state index >= 15 is 0 Å². The van der Waals surface area contributed by atoms with E-state index in [-0.39, 0.29) is 24.5 Å². The molecule has 0 aliphatic heterocycles. The molecule has 178 valence electrons. The minimum Gasteiger partial charge on any atom is -0.483 e. The first-order chi connectivity index (χ1) is 16.0. The number of carbonyl (C=O) groups is 2. The summed E-state index contributed by atoms with van der Waals surface area (Å²) >= 11 is 0. The molecule has 5 nitrogen and oxygen atoms in total. The molecule has 0 heterocycles. The second kappa shape index (κ2) is 12.4. The van der Waals surface area contributed by atoms with Gasteiger partial charge in [-0.05, 0) is 49.3 Å². The lowest BCUT2D eigenvalue weighted by Gasteiger charge is -2.31. The molecule has 0 radical (unpaired) electrons. The van der Waals surface area contributed by atoms with E-state index in [0.717, 1.165) is 42.6 Å². The largest absolute Gasteiger partial charge is 0.483 e. The van der Waals surface area contributed by atoms with Crippen molar-refractivity contribution in [1.29, 1.82) is 0 Å². The Morgan fingerprint density at radius 3 is 2.33 bits per heavy atom. The third-order valence-electron chi connectivity index (χ3n) is 6.50. The number of amides is 2. The number of rotatable bonds is 10. The highest BCUT2D eigenvalue weighted by atomic mass is 16.5. The number of ether oxygens (including phenoxy) is 1. The molecule has 0 unspecified atom stereocenters. The number of hydrogen-bond donors (Lipinski definition) is 1. The van der Waals surface area contributed by atoms with Crippen molar-refractivity contribution in [3.63, 3.8) is 0 Å². The fraction of sp³-hybridized carbons (Fsp3) is 0.500. The number of nitrogens with zero attached hydrogens (tertiary/aromatic N) is 1. The first-order valence-corrected chi connectivity index (χ1v) is 12.3. The molecule has 3 rings (SSSR count). The van der Waals surface area contributed by atoms with E-state index < -0.39 is 6.04 Å². The Hall–Kier alpha value is -2.82. The second-order valence-corrected chi connectivity index (χ2v) is 9.32. The van der Waals surface area contributed by atoms with E-state index in [1.54, 1.807) is 4.90 Å². The molecule has 0 bridgehead atoms. The molecule has 1 atom stereocenters. The summed E-state index contributed by atoms with van der Waals surface area (Å²) in [6, 6.07) is 17.5. The van der Waals surface area contributed by atoms with Crippen LogP contribution in [0.15, 0.2) is 54.6 Å². The Morgan fingerprint density at radius 1 is 0.970 bits per heavy atom. The molecule has 0 spiro atoms. The summed E-state index contributed by atoms with van der Waals surface area (Å²) in [7, 11) is 0. The predicted molar refractivity (Wildman–Crippen MR) is 132 cm³/mol. The van der Waals surface area contributed by atoms with Crippen molar-refractivity contribution in [2.24, 2.45) is 0 Å². The van der Waals surface area contributed by atoms with E-state index in [9.17, 15) is 9.59 Å². The monoisotopic (exact) mass is 450 g/mol. The summed E-state index contributed by atoms with van der Waals surface area (Å²) in [5, 5.41) is 3.18. The first kappa shape index (κ1) is 24.8. The van der Waals surface area contributed by atoms with Crippen molar-refractivity contribution < 1.29 is 14.3 Å². The zero-order chi connectivity index (χ0) is 23.6. The topological polar surface area (TPSA) is 58.6 Å². The lowest BCUT2D eigenvalue weighted by atomic mass is 9.95. The van der Waals surface area contributed by atoms with Crippen molar-refractivity contribution in [3.8, 4) is 5.75 Å². The molecule has 1 N–H and O–H groups in total. The van der Waals surface area contributed by atoms with Crippen molar-refractivity contribution in [3.05, 3.63) is 65.7 Å². The molecule has 2 aromatic carbocycles. The standard InChI is InChI=1S/C28H38N2O3/c1-21(2)25-16-10-11-17-26(25)33-20-27(31)30(19-18-23-12-6-4-7-13-23)22(3)28(32)29-24-14-8-5-9-15-24/h4,6-7,10-13,16-17,21-22,24H,5,8-9,14-15,18-20H2,1-3H3,(H,29,32)/t22-/m1/s1. The van der Waals surface area contributed by atoms with Gasteiger partial charge >= 0.3 is 0 Å². The lowest BCUT2D eigenvalue weighted by molar-refractivity contribution is -0.141. The Bertz CT molecular complexity index is 891. The molecule has 1 aliphatic rings. The fourth-order valence-electron chi connectivity index (χ4n) is 4.45. The predicted octanol–water partition coefficient (Wildman–Crippen LogP) is 5.10. The highest BCUT2D eigenvalue weighted by Gasteiger charge is 2.28. The summed E-state index contributed by atoms with van der Waals surface area (Å²) in [5.41, 5.74) is 2.21. The summed E-state index contributed by atoms with van der Waals surface area (Å²) in [6.45, 7) is 6.42. The van der Waals surface area contributed by atoms with Gasteiger partial charge in [-0.15, -0.1) is 0 Å². The summed E-state index contributed by atoms with van der Waals surface area (Å²) < 4.78 is 5.95.